The van der Waals surface area contributed by atoms with Gasteiger partial charge in [0.15, 0.2) is 5.76 Å². The highest BCUT2D eigenvalue weighted by Gasteiger charge is 2.08. The predicted molar refractivity (Wildman–Crippen MR) is 63.7 cm³/mol. The van der Waals surface area contributed by atoms with E-state index in [4.69, 9.17) is 14.4 Å². The van der Waals surface area contributed by atoms with Gasteiger partial charge < -0.3 is 14.4 Å². The van der Waals surface area contributed by atoms with Crippen LogP contribution in [-0.4, -0.2) is 16.2 Å². The fourth-order valence-corrected chi connectivity index (χ4v) is 1.60. The number of rotatable bonds is 4. The van der Waals surface area contributed by atoms with Gasteiger partial charge in [0, 0.05) is 6.07 Å². The highest BCUT2D eigenvalue weighted by Crippen LogP contribution is 2.18. The molecule has 1 N–H and O–H groups in total. The molecule has 0 aliphatic rings. The number of aromatic carboxylic acids is 1. The molecule has 1 aromatic carbocycles. The second kappa shape index (κ2) is 4.91. The molecule has 0 spiro atoms. The number of benzene rings is 1. The quantitative estimate of drug-likeness (QED) is 0.898. The molecule has 1 aromatic heterocycles. The van der Waals surface area contributed by atoms with Gasteiger partial charge in [-0.3, -0.25) is 0 Å². The third-order valence-corrected chi connectivity index (χ3v) is 2.49. The van der Waals surface area contributed by atoms with E-state index in [1.807, 2.05) is 6.92 Å². The van der Waals surface area contributed by atoms with Crippen molar-refractivity contribution < 1.29 is 19.2 Å². The number of carboxylic acids is 1. The fraction of sp³-hybridized carbons (Fsp3) is 0.231. The van der Waals surface area contributed by atoms with E-state index in [9.17, 15) is 4.79 Å². The van der Waals surface area contributed by atoms with E-state index in [1.165, 1.54) is 6.07 Å². The van der Waals surface area contributed by atoms with Gasteiger partial charge in [0.2, 0.25) is 0 Å². The highest BCUT2D eigenvalue weighted by atomic mass is 16.5. The van der Waals surface area contributed by atoms with Gasteiger partial charge in [0.1, 0.15) is 12.4 Å². The van der Waals surface area contributed by atoms with Crippen LogP contribution in [0.25, 0.3) is 0 Å². The first-order valence-electron chi connectivity index (χ1n) is 5.45. The molecule has 5 nitrogen and oxygen atoms in total. The predicted octanol–water partition coefficient (Wildman–Crippen LogP) is 2.57. The maximum Gasteiger partial charge on any atom is 0.335 e. The van der Waals surface area contributed by atoms with Crippen LogP contribution in [0.15, 0.2) is 28.8 Å². The minimum atomic E-state index is -0.940. The molecule has 18 heavy (non-hydrogen) atoms. The van der Waals surface area contributed by atoms with Crippen molar-refractivity contribution in [3.63, 3.8) is 0 Å². The van der Waals surface area contributed by atoms with E-state index >= 15 is 0 Å². The molecule has 0 unspecified atom stereocenters. The van der Waals surface area contributed by atoms with E-state index in [-0.39, 0.29) is 12.2 Å². The van der Waals surface area contributed by atoms with Crippen LogP contribution >= 0.6 is 0 Å². The second-order valence-electron chi connectivity index (χ2n) is 4.01. The van der Waals surface area contributed by atoms with Crippen molar-refractivity contribution in [2.45, 2.75) is 20.5 Å². The second-order valence-corrected chi connectivity index (χ2v) is 4.01. The van der Waals surface area contributed by atoms with Crippen molar-refractivity contribution in [1.29, 1.82) is 0 Å². The number of aryl methyl sites for hydroxylation is 2. The van der Waals surface area contributed by atoms with E-state index in [0.29, 0.717) is 17.1 Å². The first-order chi connectivity index (χ1) is 8.56. The molecule has 0 saturated heterocycles. The van der Waals surface area contributed by atoms with Gasteiger partial charge >= 0.3 is 5.97 Å². The lowest BCUT2D eigenvalue weighted by molar-refractivity contribution is 0.0696. The number of carboxylic acid groups (broad SMARTS) is 1. The molecule has 0 aliphatic carbocycles. The van der Waals surface area contributed by atoms with Gasteiger partial charge in [0.05, 0.1) is 11.3 Å². The molecule has 0 amide bonds. The van der Waals surface area contributed by atoms with Gasteiger partial charge in [-0.2, -0.15) is 0 Å². The molecule has 0 fully saturated rings. The normalized spacial score (nSPS) is 10.3. The summed E-state index contributed by atoms with van der Waals surface area (Å²) in [6.07, 6.45) is 0. The van der Waals surface area contributed by atoms with Crippen molar-refractivity contribution in [3.05, 3.63) is 46.8 Å². The van der Waals surface area contributed by atoms with E-state index in [0.717, 1.165) is 5.69 Å². The summed E-state index contributed by atoms with van der Waals surface area (Å²) < 4.78 is 10.5. The minimum absolute atomic E-state index is 0.271. The van der Waals surface area contributed by atoms with Crippen LogP contribution in [-0.2, 0) is 6.61 Å². The Hall–Kier alpha value is -2.30. The zero-order chi connectivity index (χ0) is 13.1. The summed E-state index contributed by atoms with van der Waals surface area (Å²) in [5.74, 6) is 0.295. The summed E-state index contributed by atoms with van der Waals surface area (Å²) in [5.41, 5.74) is 1.73. The Morgan fingerprint density at radius 2 is 2.17 bits per heavy atom. The van der Waals surface area contributed by atoms with Crippen molar-refractivity contribution >= 4 is 5.97 Å². The number of aromatic nitrogens is 1. The maximum atomic E-state index is 10.9. The zero-order valence-corrected chi connectivity index (χ0v) is 10.1. The van der Waals surface area contributed by atoms with E-state index in [1.54, 1.807) is 25.1 Å². The average Bonchev–Trinajstić information content (AvgIpc) is 2.72. The topological polar surface area (TPSA) is 72.6 Å². The van der Waals surface area contributed by atoms with Crippen LogP contribution in [0.2, 0.25) is 0 Å². The molecule has 2 aromatic rings. The molecule has 5 heteroatoms. The van der Waals surface area contributed by atoms with Gasteiger partial charge in [-0.25, -0.2) is 4.79 Å². The summed E-state index contributed by atoms with van der Waals surface area (Å²) in [5, 5.41) is 12.7. The van der Waals surface area contributed by atoms with Crippen LogP contribution in [0.5, 0.6) is 5.75 Å². The van der Waals surface area contributed by atoms with Crippen molar-refractivity contribution in [3.8, 4) is 5.75 Å². The van der Waals surface area contributed by atoms with Crippen LogP contribution in [0.1, 0.15) is 27.4 Å². The monoisotopic (exact) mass is 247 g/mol. The maximum absolute atomic E-state index is 10.9. The van der Waals surface area contributed by atoms with E-state index < -0.39 is 5.97 Å². The molecular formula is C13H13NO4. The SMILES string of the molecule is Cc1cc(COc2ccc(C(=O)O)c(C)c2)on1. The number of hydrogen-bond donors (Lipinski definition) is 1. The lowest BCUT2D eigenvalue weighted by Gasteiger charge is -2.06. The number of hydrogen-bond acceptors (Lipinski definition) is 4. The molecule has 0 radical (unpaired) electrons. The van der Waals surface area contributed by atoms with Gasteiger partial charge in [0.25, 0.3) is 0 Å². The van der Waals surface area contributed by atoms with Crippen LogP contribution in [0, 0.1) is 13.8 Å². The average molecular weight is 247 g/mol. The fourth-order valence-electron chi connectivity index (χ4n) is 1.60. The van der Waals surface area contributed by atoms with Crippen molar-refractivity contribution in [2.75, 3.05) is 0 Å². The van der Waals surface area contributed by atoms with Gasteiger partial charge in [-0.05, 0) is 37.6 Å². The number of nitrogens with zero attached hydrogens (tertiary/aromatic N) is 1. The minimum Gasteiger partial charge on any atom is -0.486 e. The first kappa shape index (κ1) is 12.2. The van der Waals surface area contributed by atoms with Crippen LogP contribution in [0.4, 0.5) is 0 Å². The molecule has 94 valence electrons. The van der Waals surface area contributed by atoms with Crippen LogP contribution < -0.4 is 4.74 Å². The third-order valence-electron chi connectivity index (χ3n) is 2.49. The molecular weight excluding hydrogens is 234 g/mol. The summed E-state index contributed by atoms with van der Waals surface area (Å²) in [4.78, 5) is 10.9. The summed E-state index contributed by atoms with van der Waals surface area (Å²) >= 11 is 0. The lowest BCUT2D eigenvalue weighted by Crippen LogP contribution is -2.00. The zero-order valence-electron chi connectivity index (χ0n) is 10.1. The van der Waals surface area contributed by atoms with Crippen molar-refractivity contribution in [1.82, 2.24) is 5.16 Å². The lowest BCUT2D eigenvalue weighted by atomic mass is 10.1. The Labute approximate surface area is 104 Å². The summed E-state index contributed by atoms with van der Waals surface area (Å²) in [7, 11) is 0. The summed E-state index contributed by atoms with van der Waals surface area (Å²) in [6.45, 7) is 3.83. The standard InChI is InChI=1S/C13H13NO4/c1-8-5-10(3-4-12(8)13(15)16)17-7-11-6-9(2)14-18-11/h3-6H,7H2,1-2H3,(H,15,16). The molecule has 1 heterocycles. The molecule has 2 rings (SSSR count). The highest BCUT2D eigenvalue weighted by molar-refractivity contribution is 5.89. The van der Waals surface area contributed by atoms with Gasteiger partial charge in [-0.15, -0.1) is 0 Å². The van der Waals surface area contributed by atoms with Crippen LogP contribution in [0.3, 0.4) is 0 Å². The van der Waals surface area contributed by atoms with Gasteiger partial charge in [-0.1, -0.05) is 5.16 Å². The van der Waals surface area contributed by atoms with E-state index in [2.05, 4.69) is 5.16 Å². The molecule has 0 aliphatic heterocycles. The number of carbonyl (C=O) groups is 1. The third kappa shape index (κ3) is 2.68. The smallest absolute Gasteiger partial charge is 0.335 e. The molecule has 0 saturated carbocycles. The largest absolute Gasteiger partial charge is 0.486 e. The molecule has 0 bridgehead atoms. The number of ether oxygens (including phenoxy) is 1. The Bertz CT molecular complexity index is 574. The van der Waals surface area contributed by atoms with Crippen molar-refractivity contribution in [2.24, 2.45) is 0 Å². The Morgan fingerprint density at radius 1 is 1.39 bits per heavy atom. The Balaban J connectivity index is 2.06. The summed E-state index contributed by atoms with van der Waals surface area (Å²) in [6, 6.07) is 6.63. The first-order valence-corrected chi connectivity index (χ1v) is 5.45. The Morgan fingerprint density at radius 3 is 2.72 bits per heavy atom. The molecule has 0 atom stereocenters. The Kier molecular flexibility index (Phi) is 3.32.